The van der Waals surface area contributed by atoms with Crippen LogP contribution in [-0.4, -0.2) is 69.8 Å². The fraction of sp³-hybridized carbons (Fsp3) is 0.514. The molecule has 0 bridgehead atoms. The van der Waals surface area contributed by atoms with E-state index in [4.69, 9.17) is 28.6 Å². The van der Waals surface area contributed by atoms with Crippen LogP contribution < -0.4 is 20.7 Å². The number of hydrogen-bond acceptors (Lipinski definition) is 10. The summed E-state index contributed by atoms with van der Waals surface area (Å²) in [6.07, 6.45) is 9.07. The van der Waals surface area contributed by atoms with E-state index in [1.807, 2.05) is 13.8 Å². The fourth-order valence-corrected chi connectivity index (χ4v) is 8.94. The van der Waals surface area contributed by atoms with Gasteiger partial charge >= 0.3 is 0 Å². The maximum atomic E-state index is 13.0. The van der Waals surface area contributed by atoms with Crippen LogP contribution in [0.4, 0.5) is 23.1 Å². The number of para-hydroxylation sites is 1. The Hall–Kier alpha value is -3.13. The van der Waals surface area contributed by atoms with Crippen molar-refractivity contribution in [1.82, 2.24) is 20.2 Å². The summed E-state index contributed by atoms with van der Waals surface area (Å²) in [5, 5.41) is 9.26. The smallest absolute Gasteiger partial charge is 0.230 e. The number of amides is 1. The van der Waals surface area contributed by atoms with E-state index in [1.165, 1.54) is 42.8 Å². The third kappa shape index (κ3) is 10.3. The summed E-state index contributed by atoms with van der Waals surface area (Å²) in [4.78, 5) is 23.9. The maximum absolute atomic E-state index is 13.0. The van der Waals surface area contributed by atoms with Gasteiger partial charge in [-0.15, -0.1) is 0 Å². The Bertz CT molecular complexity index is 1810. The molecule has 2 aliphatic rings. The fourth-order valence-electron chi connectivity index (χ4n) is 6.54. The minimum Gasteiger partial charge on any atom is -0.489 e. The van der Waals surface area contributed by atoms with Crippen LogP contribution in [0.15, 0.2) is 47.5 Å². The van der Waals surface area contributed by atoms with E-state index in [0.717, 1.165) is 48.7 Å². The number of carbonyl (C=O) groups excluding carboxylic acids is 1. The molecule has 3 aromatic rings. The number of aromatic nitrogens is 2. The van der Waals surface area contributed by atoms with Crippen LogP contribution in [0.1, 0.15) is 89.7 Å². The lowest BCUT2D eigenvalue weighted by molar-refractivity contribution is -0.119. The molecule has 14 heteroatoms. The number of anilines is 4. The van der Waals surface area contributed by atoms with Crippen LogP contribution in [0, 0.1) is 6.92 Å². The van der Waals surface area contributed by atoms with Gasteiger partial charge in [0.1, 0.15) is 15.1 Å². The number of rotatable bonds is 12. The number of sulfone groups is 1. The van der Waals surface area contributed by atoms with Crippen molar-refractivity contribution >= 4 is 78.8 Å². The van der Waals surface area contributed by atoms with E-state index < -0.39 is 15.1 Å². The largest absolute Gasteiger partial charge is 0.489 e. The molecule has 0 spiro atoms. The van der Waals surface area contributed by atoms with Crippen molar-refractivity contribution in [1.29, 1.82) is 0 Å². The second kappa shape index (κ2) is 17.6. The zero-order valence-electron chi connectivity index (χ0n) is 30.0. The molecule has 0 atom stereocenters. The number of carbonyl (C=O) groups is 1. The van der Waals surface area contributed by atoms with Gasteiger partial charge in [-0.2, -0.15) is 4.98 Å². The minimum absolute atomic E-state index is 0.0737. The number of ether oxygens (including phenoxy) is 1. The van der Waals surface area contributed by atoms with Crippen LogP contribution in [-0.2, 0) is 14.6 Å². The number of likely N-dealkylation sites (tertiary alicyclic amines) is 1. The number of thioether (sulfide) groups is 1. The topological polar surface area (TPSA) is 126 Å². The first kappa shape index (κ1) is 39.1. The third-order valence-electron chi connectivity index (χ3n) is 9.28. The van der Waals surface area contributed by atoms with Crippen molar-refractivity contribution in [3.05, 3.63) is 58.7 Å². The van der Waals surface area contributed by atoms with Gasteiger partial charge in [0.2, 0.25) is 11.9 Å². The van der Waals surface area contributed by atoms with Gasteiger partial charge < -0.3 is 25.6 Å². The molecule has 1 saturated carbocycles. The molecule has 1 aliphatic heterocycles. The molecule has 2 heterocycles. The standard InChI is InChI=1S/C37H49ClN6O4S3/c1-23(2)48-32-20-28(26-15-17-44(18-16-26)37(49)50-22-34(45)40-27-11-7-6-8-12-27)25(5)19-31(32)42-36-39-21-29(38)35(43-36)41-30-13-9-10-14-33(30)51(46,47)24(3)4/h9-10,13-14,19-21,23-24,26-27H,6-8,11-12,15-18,22H2,1-5H3,(H,40,45)(H2,39,41,42,43). The van der Waals surface area contributed by atoms with Gasteiger partial charge in [0, 0.05) is 19.1 Å². The van der Waals surface area contributed by atoms with Crippen molar-refractivity contribution in [2.24, 2.45) is 0 Å². The molecule has 2 aromatic carbocycles. The molecule has 1 aliphatic carbocycles. The Balaban J connectivity index is 1.26. The highest BCUT2D eigenvalue weighted by atomic mass is 35.5. The zero-order valence-corrected chi connectivity index (χ0v) is 33.2. The van der Waals surface area contributed by atoms with Gasteiger partial charge in [-0.3, -0.25) is 4.79 Å². The molecule has 0 radical (unpaired) electrons. The number of thiocarbonyl (C=S) groups is 1. The minimum atomic E-state index is -3.56. The van der Waals surface area contributed by atoms with Crippen molar-refractivity contribution in [3.63, 3.8) is 0 Å². The highest BCUT2D eigenvalue weighted by Crippen LogP contribution is 2.39. The maximum Gasteiger partial charge on any atom is 0.230 e. The van der Waals surface area contributed by atoms with Gasteiger partial charge in [-0.25, -0.2) is 13.4 Å². The first-order chi connectivity index (χ1) is 24.3. The number of piperidine rings is 1. The number of nitrogens with zero attached hydrogens (tertiary/aromatic N) is 3. The van der Waals surface area contributed by atoms with Crippen LogP contribution >= 0.6 is 35.6 Å². The average Bonchev–Trinajstić information content (AvgIpc) is 3.10. The summed E-state index contributed by atoms with van der Waals surface area (Å²) in [6.45, 7) is 11.0. The Morgan fingerprint density at radius 2 is 1.75 bits per heavy atom. The highest BCUT2D eigenvalue weighted by molar-refractivity contribution is 8.23. The van der Waals surface area contributed by atoms with Gasteiger partial charge in [-0.1, -0.05) is 67.0 Å². The highest BCUT2D eigenvalue weighted by Gasteiger charge is 2.27. The van der Waals surface area contributed by atoms with Crippen LogP contribution in [0.2, 0.25) is 5.02 Å². The average molecular weight is 773 g/mol. The van der Waals surface area contributed by atoms with Crippen LogP contribution in [0.25, 0.3) is 0 Å². The van der Waals surface area contributed by atoms with Gasteiger partial charge in [0.05, 0.1) is 39.6 Å². The Kier molecular flexibility index (Phi) is 13.5. The number of hydrogen-bond donors (Lipinski definition) is 3. The summed E-state index contributed by atoms with van der Waals surface area (Å²) in [7, 11) is -3.56. The number of nitrogens with one attached hydrogen (secondary N) is 3. The van der Waals surface area contributed by atoms with Crippen molar-refractivity contribution in [3.8, 4) is 5.75 Å². The van der Waals surface area contributed by atoms with E-state index in [2.05, 4.69) is 49.9 Å². The Morgan fingerprint density at radius 3 is 2.43 bits per heavy atom. The third-order valence-corrected chi connectivity index (χ3v) is 13.3. The molecule has 276 valence electrons. The summed E-state index contributed by atoms with van der Waals surface area (Å²) in [5.74, 6) is 2.00. The van der Waals surface area contributed by atoms with E-state index in [0.29, 0.717) is 34.8 Å². The normalized spacial score (nSPS) is 16.0. The second-order valence-electron chi connectivity index (χ2n) is 13.8. The molecule has 3 N–H and O–H groups in total. The van der Waals surface area contributed by atoms with E-state index in [9.17, 15) is 13.2 Å². The first-order valence-electron chi connectivity index (χ1n) is 17.7. The molecule has 1 amide bonds. The summed E-state index contributed by atoms with van der Waals surface area (Å²) in [6, 6.07) is 11.2. The summed E-state index contributed by atoms with van der Waals surface area (Å²) < 4.78 is 33.1. The Morgan fingerprint density at radius 1 is 1.04 bits per heavy atom. The molecule has 0 unspecified atom stereocenters. The van der Waals surface area contributed by atoms with Gasteiger partial charge in [0.15, 0.2) is 15.7 Å². The molecule has 1 aromatic heterocycles. The number of benzene rings is 2. The molecular formula is C37H49ClN6O4S3. The molecule has 51 heavy (non-hydrogen) atoms. The van der Waals surface area contributed by atoms with Crippen molar-refractivity contribution in [2.45, 2.75) is 108 Å². The number of halogens is 1. The van der Waals surface area contributed by atoms with Crippen molar-refractivity contribution < 1.29 is 17.9 Å². The summed E-state index contributed by atoms with van der Waals surface area (Å²) in [5.41, 5.74) is 3.43. The molecule has 2 fully saturated rings. The van der Waals surface area contributed by atoms with E-state index in [-0.39, 0.29) is 33.7 Å². The van der Waals surface area contributed by atoms with E-state index in [1.54, 1.807) is 38.1 Å². The summed E-state index contributed by atoms with van der Waals surface area (Å²) >= 11 is 13.7. The van der Waals surface area contributed by atoms with Crippen molar-refractivity contribution in [2.75, 3.05) is 29.5 Å². The molecule has 5 rings (SSSR count). The van der Waals surface area contributed by atoms with Gasteiger partial charge in [-0.05, 0) is 102 Å². The monoisotopic (exact) mass is 772 g/mol. The predicted molar refractivity (Wildman–Crippen MR) is 213 cm³/mol. The van der Waals surface area contributed by atoms with Gasteiger partial charge in [0.25, 0.3) is 0 Å². The zero-order chi connectivity index (χ0) is 36.7. The van der Waals surface area contributed by atoms with E-state index >= 15 is 0 Å². The lowest BCUT2D eigenvalue weighted by Gasteiger charge is -2.34. The molecule has 1 saturated heterocycles. The molecular weight excluding hydrogens is 724 g/mol. The van der Waals surface area contributed by atoms with Crippen LogP contribution in [0.5, 0.6) is 5.75 Å². The lowest BCUT2D eigenvalue weighted by atomic mass is 9.86. The Labute approximate surface area is 317 Å². The quantitative estimate of drug-likeness (QED) is 0.153. The SMILES string of the molecule is Cc1cc(Nc2ncc(Cl)c(Nc3ccccc3S(=O)(=O)C(C)C)n2)c(OC(C)C)cc1C1CCN(C(=S)SCC(=O)NC2CCCCC2)CC1. The lowest BCUT2D eigenvalue weighted by Crippen LogP contribution is -2.39. The molecule has 10 nitrogen and oxygen atoms in total. The van der Waals surface area contributed by atoms with Crippen LogP contribution in [0.3, 0.4) is 0 Å². The second-order valence-corrected chi connectivity index (χ2v) is 18.3. The predicted octanol–water partition coefficient (Wildman–Crippen LogP) is 8.54. The first-order valence-corrected chi connectivity index (χ1v) is 21.1. The number of aryl methyl sites for hydroxylation is 1.